The number of amides is 1. The molecule has 4 heteroatoms. The molecule has 1 amide bonds. The third-order valence-corrected chi connectivity index (χ3v) is 2.95. The summed E-state index contributed by atoms with van der Waals surface area (Å²) in [5.41, 5.74) is 2.37. The largest absolute Gasteiger partial charge is 0.355 e. The molecule has 0 fully saturated rings. The molecule has 1 heterocycles. The van der Waals surface area contributed by atoms with E-state index in [1.807, 2.05) is 30.3 Å². The number of halogens is 1. The highest BCUT2D eigenvalue weighted by molar-refractivity contribution is 9.08. The van der Waals surface area contributed by atoms with Crippen molar-refractivity contribution in [2.45, 2.75) is 5.33 Å². The molecule has 0 saturated carbocycles. The Bertz CT molecular complexity index is 540. The van der Waals surface area contributed by atoms with Crippen molar-refractivity contribution >= 4 is 32.7 Å². The van der Waals surface area contributed by atoms with E-state index in [-0.39, 0.29) is 5.91 Å². The van der Waals surface area contributed by atoms with Crippen molar-refractivity contribution in [3.05, 3.63) is 41.6 Å². The SMILES string of the molecule is CNC(=O)c1cc(CBr)nc2ccccc12. The second-order valence-electron chi connectivity index (χ2n) is 3.39. The Balaban J connectivity index is 2.73. The van der Waals surface area contributed by atoms with Crippen LogP contribution in [0, 0.1) is 0 Å². The van der Waals surface area contributed by atoms with Gasteiger partial charge in [0.05, 0.1) is 16.8 Å². The summed E-state index contributed by atoms with van der Waals surface area (Å²) in [5, 5.41) is 4.16. The second kappa shape index (κ2) is 4.61. The lowest BCUT2D eigenvalue weighted by Crippen LogP contribution is -2.18. The van der Waals surface area contributed by atoms with Crippen LogP contribution in [-0.2, 0) is 5.33 Å². The minimum absolute atomic E-state index is 0.0826. The van der Waals surface area contributed by atoms with Crippen LogP contribution in [0.4, 0.5) is 0 Å². The highest BCUT2D eigenvalue weighted by atomic mass is 79.9. The molecule has 0 unspecified atom stereocenters. The highest BCUT2D eigenvalue weighted by Gasteiger charge is 2.10. The summed E-state index contributed by atoms with van der Waals surface area (Å²) < 4.78 is 0. The fourth-order valence-electron chi connectivity index (χ4n) is 1.62. The number of fused-ring (bicyclic) bond motifs is 1. The molecule has 1 aromatic heterocycles. The van der Waals surface area contributed by atoms with E-state index < -0.39 is 0 Å². The number of rotatable bonds is 2. The number of hydrogen-bond donors (Lipinski definition) is 1. The molecule has 0 aliphatic carbocycles. The summed E-state index contributed by atoms with van der Waals surface area (Å²) in [6.45, 7) is 0. The number of nitrogens with one attached hydrogen (secondary N) is 1. The Labute approximate surface area is 102 Å². The molecule has 1 aromatic carbocycles. The lowest BCUT2D eigenvalue weighted by atomic mass is 10.1. The molecule has 2 aromatic rings. The molecule has 2 rings (SSSR count). The van der Waals surface area contributed by atoms with Gasteiger partial charge in [-0.2, -0.15) is 0 Å². The van der Waals surface area contributed by atoms with E-state index >= 15 is 0 Å². The zero-order valence-corrected chi connectivity index (χ0v) is 10.4. The van der Waals surface area contributed by atoms with Gasteiger partial charge in [0, 0.05) is 17.8 Å². The van der Waals surface area contributed by atoms with Crippen LogP contribution in [0.2, 0.25) is 0 Å². The molecule has 0 spiro atoms. The summed E-state index contributed by atoms with van der Waals surface area (Å²) in [7, 11) is 1.63. The Morgan fingerprint density at radius 3 is 2.88 bits per heavy atom. The van der Waals surface area contributed by atoms with E-state index in [9.17, 15) is 4.79 Å². The summed E-state index contributed by atoms with van der Waals surface area (Å²) in [6.07, 6.45) is 0. The molecular formula is C12H11BrN2O. The van der Waals surface area contributed by atoms with E-state index in [2.05, 4.69) is 26.2 Å². The third kappa shape index (κ3) is 1.93. The normalized spacial score (nSPS) is 10.4. The van der Waals surface area contributed by atoms with Gasteiger partial charge in [-0.3, -0.25) is 9.78 Å². The Hall–Kier alpha value is -1.42. The highest BCUT2D eigenvalue weighted by Crippen LogP contribution is 2.19. The first-order valence-electron chi connectivity index (χ1n) is 4.93. The summed E-state index contributed by atoms with van der Waals surface area (Å²) in [5.74, 6) is -0.0826. The number of aromatic nitrogens is 1. The molecule has 82 valence electrons. The van der Waals surface area contributed by atoms with Crippen molar-refractivity contribution < 1.29 is 4.79 Å². The van der Waals surface area contributed by atoms with Crippen LogP contribution < -0.4 is 5.32 Å². The number of pyridine rings is 1. The van der Waals surface area contributed by atoms with Crippen molar-refractivity contribution in [3.63, 3.8) is 0 Å². The predicted octanol–water partition coefficient (Wildman–Crippen LogP) is 2.49. The first kappa shape index (κ1) is 11.1. The molecule has 0 aliphatic rings. The zero-order valence-electron chi connectivity index (χ0n) is 8.83. The average Bonchev–Trinajstić information content (AvgIpc) is 2.36. The molecule has 3 nitrogen and oxygen atoms in total. The van der Waals surface area contributed by atoms with Gasteiger partial charge in [-0.1, -0.05) is 34.1 Å². The monoisotopic (exact) mass is 278 g/mol. The molecule has 16 heavy (non-hydrogen) atoms. The Morgan fingerprint density at radius 1 is 1.44 bits per heavy atom. The smallest absolute Gasteiger partial charge is 0.251 e. The number of carbonyl (C=O) groups excluding carboxylic acids is 1. The van der Waals surface area contributed by atoms with E-state index in [1.165, 1.54) is 0 Å². The van der Waals surface area contributed by atoms with Gasteiger partial charge in [0.25, 0.3) is 5.91 Å². The van der Waals surface area contributed by atoms with Gasteiger partial charge in [0.15, 0.2) is 0 Å². The molecule has 0 aliphatic heterocycles. The number of nitrogens with zero attached hydrogens (tertiary/aromatic N) is 1. The summed E-state index contributed by atoms with van der Waals surface area (Å²) in [4.78, 5) is 16.2. The minimum atomic E-state index is -0.0826. The van der Waals surface area contributed by atoms with E-state index in [0.717, 1.165) is 16.6 Å². The van der Waals surface area contributed by atoms with Gasteiger partial charge in [0.2, 0.25) is 0 Å². The van der Waals surface area contributed by atoms with Gasteiger partial charge in [-0.05, 0) is 12.1 Å². The van der Waals surface area contributed by atoms with E-state index in [0.29, 0.717) is 10.9 Å². The van der Waals surface area contributed by atoms with Crippen molar-refractivity contribution in [1.82, 2.24) is 10.3 Å². The fourth-order valence-corrected chi connectivity index (χ4v) is 1.91. The zero-order chi connectivity index (χ0) is 11.5. The van der Waals surface area contributed by atoms with Gasteiger partial charge in [0.1, 0.15) is 0 Å². The second-order valence-corrected chi connectivity index (χ2v) is 3.95. The van der Waals surface area contributed by atoms with Crippen molar-refractivity contribution in [3.8, 4) is 0 Å². The summed E-state index contributed by atoms with van der Waals surface area (Å²) in [6, 6.07) is 9.46. The lowest BCUT2D eigenvalue weighted by Gasteiger charge is -2.06. The minimum Gasteiger partial charge on any atom is -0.355 e. The topological polar surface area (TPSA) is 42.0 Å². The van der Waals surface area contributed by atoms with Crippen molar-refractivity contribution in [1.29, 1.82) is 0 Å². The number of hydrogen-bond acceptors (Lipinski definition) is 2. The van der Waals surface area contributed by atoms with Crippen LogP contribution in [0.5, 0.6) is 0 Å². The maximum Gasteiger partial charge on any atom is 0.251 e. The van der Waals surface area contributed by atoms with Crippen LogP contribution in [0.15, 0.2) is 30.3 Å². The molecular weight excluding hydrogens is 268 g/mol. The maximum atomic E-state index is 11.7. The van der Waals surface area contributed by atoms with Crippen LogP contribution in [0.3, 0.4) is 0 Å². The standard InChI is InChI=1S/C12H11BrN2O/c1-14-12(16)10-6-8(7-13)15-11-5-3-2-4-9(10)11/h2-6H,7H2,1H3,(H,14,16). The van der Waals surface area contributed by atoms with E-state index in [1.54, 1.807) is 7.05 Å². The van der Waals surface area contributed by atoms with Gasteiger partial charge in [-0.25, -0.2) is 0 Å². The molecule has 0 atom stereocenters. The number of benzene rings is 1. The van der Waals surface area contributed by atoms with Gasteiger partial charge >= 0.3 is 0 Å². The van der Waals surface area contributed by atoms with Crippen molar-refractivity contribution in [2.24, 2.45) is 0 Å². The first-order valence-corrected chi connectivity index (χ1v) is 6.05. The van der Waals surface area contributed by atoms with E-state index in [4.69, 9.17) is 0 Å². The van der Waals surface area contributed by atoms with Crippen LogP contribution >= 0.6 is 15.9 Å². The van der Waals surface area contributed by atoms with Crippen LogP contribution in [-0.4, -0.2) is 17.9 Å². The maximum absolute atomic E-state index is 11.7. The lowest BCUT2D eigenvalue weighted by molar-refractivity contribution is 0.0964. The quantitative estimate of drug-likeness (QED) is 0.858. The van der Waals surface area contributed by atoms with Gasteiger partial charge in [-0.15, -0.1) is 0 Å². The van der Waals surface area contributed by atoms with Crippen LogP contribution in [0.25, 0.3) is 10.9 Å². The number of carbonyl (C=O) groups is 1. The Kier molecular flexibility index (Phi) is 3.19. The molecule has 0 saturated heterocycles. The summed E-state index contributed by atoms with van der Waals surface area (Å²) >= 11 is 3.35. The molecule has 0 bridgehead atoms. The predicted molar refractivity (Wildman–Crippen MR) is 67.8 cm³/mol. The first-order chi connectivity index (χ1) is 7.76. The molecule has 0 radical (unpaired) electrons. The van der Waals surface area contributed by atoms with Crippen LogP contribution in [0.1, 0.15) is 16.1 Å². The average molecular weight is 279 g/mol. The fraction of sp³-hybridized carbons (Fsp3) is 0.167. The van der Waals surface area contributed by atoms with Gasteiger partial charge < -0.3 is 5.32 Å². The third-order valence-electron chi connectivity index (χ3n) is 2.38. The van der Waals surface area contributed by atoms with Crippen molar-refractivity contribution in [2.75, 3.05) is 7.05 Å². The Morgan fingerprint density at radius 2 is 2.19 bits per heavy atom. The number of para-hydroxylation sites is 1. The molecule has 1 N–H and O–H groups in total. The number of alkyl halides is 1.